The molecule has 110 valence electrons. The van der Waals surface area contributed by atoms with Crippen molar-refractivity contribution in [3.63, 3.8) is 0 Å². The van der Waals surface area contributed by atoms with Gasteiger partial charge in [0.05, 0.1) is 16.6 Å². The van der Waals surface area contributed by atoms with Crippen LogP contribution in [0.2, 0.25) is 5.02 Å². The van der Waals surface area contributed by atoms with E-state index in [1.54, 1.807) is 24.3 Å². The normalized spacial score (nSPS) is 12.0. The standard InChI is InChI=1S/C15H11Cl2F2NO/c16-8-14(9-4-2-1-3-5-9)20-15(21)10-6-13(19)11(17)7-12(10)18/h1-7,14H,8H2,(H,20,21). The van der Waals surface area contributed by atoms with Crippen LogP contribution in [0.15, 0.2) is 42.5 Å². The van der Waals surface area contributed by atoms with Gasteiger partial charge in [-0.1, -0.05) is 41.9 Å². The van der Waals surface area contributed by atoms with Crippen molar-refractivity contribution in [1.82, 2.24) is 5.32 Å². The van der Waals surface area contributed by atoms with E-state index in [1.165, 1.54) is 0 Å². The number of carbonyl (C=O) groups is 1. The molecule has 2 aromatic carbocycles. The van der Waals surface area contributed by atoms with E-state index in [-0.39, 0.29) is 10.9 Å². The highest BCUT2D eigenvalue weighted by Crippen LogP contribution is 2.21. The van der Waals surface area contributed by atoms with Gasteiger partial charge in [-0.3, -0.25) is 4.79 Å². The summed E-state index contributed by atoms with van der Waals surface area (Å²) >= 11 is 11.3. The van der Waals surface area contributed by atoms with Crippen molar-refractivity contribution in [2.45, 2.75) is 6.04 Å². The lowest BCUT2D eigenvalue weighted by Crippen LogP contribution is -2.30. The van der Waals surface area contributed by atoms with Crippen LogP contribution in [0.25, 0.3) is 0 Å². The first-order chi connectivity index (χ1) is 10.0. The Kier molecular flexibility index (Phi) is 5.15. The van der Waals surface area contributed by atoms with Crippen LogP contribution in [0.5, 0.6) is 0 Å². The van der Waals surface area contributed by atoms with Gasteiger partial charge in [0.1, 0.15) is 11.6 Å². The van der Waals surface area contributed by atoms with Crippen molar-refractivity contribution in [3.05, 3.63) is 70.2 Å². The van der Waals surface area contributed by atoms with E-state index in [9.17, 15) is 13.6 Å². The third kappa shape index (κ3) is 3.71. The van der Waals surface area contributed by atoms with Gasteiger partial charge >= 0.3 is 0 Å². The van der Waals surface area contributed by atoms with Gasteiger partial charge in [-0.15, -0.1) is 11.6 Å². The van der Waals surface area contributed by atoms with Crippen molar-refractivity contribution in [1.29, 1.82) is 0 Å². The number of amides is 1. The molecule has 2 aromatic rings. The summed E-state index contributed by atoms with van der Waals surface area (Å²) in [7, 11) is 0. The van der Waals surface area contributed by atoms with Crippen molar-refractivity contribution in [3.8, 4) is 0 Å². The molecular formula is C15H11Cl2F2NO. The lowest BCUT2D eigenvalue weighted by atomic mass is 10.1. The zero-order valence-corrected chi connectivity index (χ0v) is 12.3. The van der Waals surface area contributed by atoms with E-state index in [1.807, 2.05) is 6.07 Å². The second kappa shape index (κ2) is 6.87. The molecule has 21 heavy (non-hydrogen) atoms. The van der Waals surface area contributed by atoms with Gasteiger partial charge in [0.25, 0.3) is 5.91 Å². The monoisotopic (exact) mass is 329 g/mol. The average molecular weight is 330 g/mol. The summed E-state index contributed by atoms with van der Waals surface area (Å²) in [6, 6.07) is 10.0. The number of rotatable bonds is 4. The highest BCUT2D eigenvalue weighted by molar-refractivity contribution is 6.30. The molecule has 0 aliphatic carbocycles. The molecule has 0 fully saturated rings. The first kappa shape index (κ1) is 15.7. The Morgan fingerprint density at radius 1 is 1.14 bits per heavy atom. The van der Waals surface area contributed by atoms with Crippen LogP contribution in [0.1, 0.15) is 22.0 Å². The fourth-order valence-electron chi connectivity index (χ4n) is 1.83. The third-order valence-corrected chi connectivity index (χ3v) is 3.51. The Balaban J connectivity index is 2.23. The quantitative estimate of drug-likeness (QED) is 0.656. The zero-order chi connectivity index (χ0) is 15.4. The van der Waals surface area contributed by atoms with E-state index in [0.717, 1.165) is 17.7 Å². The van der Waals surface area contributed by atoms with Crippen molar-refractivity contribution in [2.24, 2.45) is 0 Å². The number of carbonyl (C=O) groups excluding carboxylic acids is 1. The van der Waals surface area contributed by atoms with E-state index in [4.69, 9.17) is 23.2 Å². The SMILES string of the molecule is O=C(NC(CCl)c1ccccc1)c1cc(F)c(Cl)cc1F. The number of benzene rings is 2. The van der Waals surface area contributed by atoms with Crippen LogP contribution in [0, 0.1) is 11.6 Å². The fraction of sp³-hybridized carbons (Fsp3) is 0.133. The molecule has 0 aliphatic heterocycles. The number of hydrogen-bond donors (Lipinski definition) is 1. The molecule has 1 unspecified atom stereocenters. The maximum Gasteiger partial charge on any atom is 0.254 e. The zero-order valence-electron chi connectivity index (χ0n) is 10.7. The van der Waals surface area contributed by atoms with E-state index in [0.29, 0.717) is 0 Å². The molecule has 1 atom stereocenters. The van der Waals surface area contributed by atoms with Crippen LogP contribution in [-0.2, 0) is 0 Å². The summed E-state index contributed by atoms with van der Waals surface area (Å²) in [6.07, 6.45) is 0. The minimum Gasteiger partial charge on any atom is -0.344 e. The van der Waals surface area contributed by atoms with Gasteiger partial charge in [0, 0.05) is 5.88 Å². The topological polar surface area (TPSA) is 29.1 Å². The Morgan fingerprint density at radius 2 is 1.81 bits per heavy atom. The molecule has 0 saturated heterocycles. The molecule has 0 aliphatic rings. The molecule has 1 amide bonds. The van der Waals surface area contributed by atoms with Crippen molar-refractivity contribution < 1.29 is 13.6 Å². The lowest BCUT2D eigenvalue weighted by Gasteiger charge is -2.17. The molecular weight excluding hydrogens is 319 g/mol. The molecule has 2 nitrogen and oxygen atoms in total. The summed E-state index contributed by atoms with van der Waals surface area (Å²) in [5, 5.41) is 2.19. The van der Waals surface area contributed by atoms with Gasteiger partial charge in [0.2, 0.25) is 0 Å². The first-order valence-electron chi connectivity index (χ1n) is 6.09. The van der Waals surface area contributed by atoms with Gasteiger partial charge in [-0.2, -0.15) is 0 Å². The van der Waals surface area contributed by atoms with Crippen molar-refractivity contribution >= 4 is 29.1 Å². The second-order valence-electron chi connectivity index (χ2n) is 4.34. The predicted octanol–water partition coefficient (Wildman–Crippen LogP) is 4.33. The molecule has 2 rings (SSSR count). The molecule has 0 saturated carbocycles. The highest BCUT2D eigenvalue weighted by Gasteiger charge is 2.19. The van der Waals surface area contributed by atoms with Gasteiger partial charge in [-0.05, 0) is 17.7 Å². The Bertz CT molecular complexity index is 650. The molecule has 0 spiro atoms. The summed E-state index contributed by atoms with van der Waals surface area (Å²) in [5.74, 6) is -2.39. The Hall–Kier alpha value is -1.65. The van der Waals surface area contributed by atoms with Crippen LogP contribution in [0.3, 0.4) is 0 Å². The first-order valence-corrected chi connectivity index (χ1v) is 7.00. The lowest BCUT2D eigenvalue weighted by molar-refractivity contribution is 0.0936. The second-order valence-corrected chi connectivity index (χ2v) is 5.05. The summed E-state index contributed by atoms with van der Waals surface area (Å²) in [6.45, 7) is 0. The maximum atomic E-state index is 13.7. The molecule has 1 N–H and O–H groups in total. The Morgan fingerprint density at radius 3 is 2.43 bits per heavy atom. The van der Waals surface area contributed by atoms with Gasteiger partial charge < -0.3 is 5.32 Å². The highest BCUT2D eigenvalue weighted by atomic mass is 35.5. The van der Waals surface area contributed by atoms with Crippen LogP contribution < -0.4 is 5.32 Å². The minimum absolute atomic E-state index is 0.105. The molecule has 6 heteroatoms. The summed E-state index contributed by atoms with van der Waals surface area (Å²) in [5.41, 5.74) is 0.360. The predicted molar refractivity (Wildman–Crippen MR) is 78.7 cm³/mol. The molecule has 0 aromatic heterocycles. The maximum absolute atomic E-state index is 13.7. The number of halogens is 4. The molecule has 0 radical (unpaired) electrons. The average Bonchev–Trinajstić information content (AvgIpc) is 2.49. The third-order valence-electron chi connectivity index (χ3n) is 2.92. The number of nitrogens with one attached hydrogen (secondary N) is 1. The van der Waals surface area contributed by atoms with E-state index >= 15 is 0 Å². The summed E-state index contributed by atoms with van der Waals surface area (Å²) in [4.78, 5) is 12.1. The van der Waals surface area contributed by atoms with Crippen LogP contribution in [0.4, 0.5) is 8.78 Å². The molecule has 0 bridgehead atoms. The van der Waals surface area contributed by atoms with Crippen LogP contribution in [-0.4, -0.2) is 11.8 Å². The number of alkyl halides is 1. The van der Waals surface area contributed by atoms with E-state index < -0.39 is 29.1 Å². The minimum atomic E-state index is -0.889. The smallest absolute Gasteiger partial charge is 0.254 e. The fourth-order valence-corrected chi connectivity index (χ4v) is 2.23. The summed E-state index contributed by atoms with van der Waals surface area (Å²) < 4.78 is 27.0. The number of hydrogen-bond acceptors (Lipinski definition) is 1. The van der Waals surface area contributed by atoms with E-state index in [2.05, 4.69) is 5.32 Å². The van der Waals surface area contributed by atoms with Crippen molar-refractivity contribution in [2.75, 3.05) is 5.88 Å². The van der Waals surface area contributed by atoms with Gasteiger partial charge in [-0.25, -0.2) is 8.78 Å². The van der Waals surface area contributed by atoms with Gasteiger partial charge in [0.15, 0.2) is 0 Å². The largest absolute Gasteiger partial charge is 0.344 e. The molecule has 0 heterocycles. The van der Waals surface area contributed by atoms with Crippen LogP contribution >= 0.6 is 23.2 Å². The Labute approximate surface area is 130 Å².